The monoisotopic (exact) mass is 329 g/mol. The Balaban J connectivity index is 1.92. The molecule has 116 valence electrons. The number of aromatic nitrogens is 1. The Labute approximate surface area is 132 Å². The maximum Gasteiger partial charge on any atom is 0.269 e. The molecule has 0 saturated carbocycles. The predicted octanol–water partition coefficient (Wildman–Crippen LogP) is 1.31. The zero-order chi connectivity index (χ0) is 15.5. The first-order chi connectivity index (χ1) is 9.88. The van der Waals surface area contributed by atoms with E-state index in [1.165, 1.54) is 6.20 Å². The number of carbonyl (C=O) groups excluding carboxylic acids is 1. The largest absolute Gasteiger partial charge is 0.349 e. The minimum atomic E-state index is -0.694. The summed E-state index contributed by atoms with van der Waals surface area (Å²) in [5, 5.41) is 3.39. The van der Waals surface area contributed by atoms with E-state index in [0.717, 1.165) is 13.1 Å². The number of nitrogens with one attached hydrogen (secondary N) is 1. The molecule has 0 aromatic carbocycles. The van der Waals surface area contributed by atoms with Gasteiger partial charge in [0.25, 0.3) is 5.91 Å². The van der Waals surface area contributed by atoms with Gasteiger partial charge in [-0.25, -0.2) is 0 Å². The number of hydrogen-bond donors (Lipinski definition) is 1. The molecule has 0 unspecified atom stereocenters. The number of hydrogen-bond acceptors (Lipinski definition) is 4. The Hall–Kier alpha value is -0.980. The van der Waals surface area contributed by atoms with Gasteiger partial charge in [0, 0.05) is 58.7 Å². The van der Waals surface area contributed by atoms with Crippen LogP contribution in [0.15, 0.2) is 18.3 Å². The number of nitrogens with zero attached hydrogens (tertiary/aromatic N) is 2. The molecule has 1 aliphatic rings. The third-order valence-electron chi connectivity index (χ3n) is 3.67. The minimum Gasteiger partial charge on any atom is -0.349 e. The summed E-state index contributed by atoms with van der Waals surface area (Å²) in [5.74, 6) is 1.17. The van der Waals surface area contributed by atoms with Crippen molar-refractivity contribution >= 4 is 28.3 Å². The van der Waals surface area contributed by atoms with Gasteiger partial charge in [0.15, 0.2) is 0 Å². The Kier molecular flexibility index (Phi) is 5.35. The lowest BCUT2D eigenvalue weighted by molar-refractivity contribution is 0.0878. The molecule has 1 aromatic rings. The van der Waals surface area contributed by atoms with Crippen molar-refractivity contribution in [1.82, 2.24) is 15.2 Å². The van der Waals surface area contributed by atoms with Crippen molar-refractivity contribution in [2.75, 3.05) is 31.1 Å². The van der Waals surface area contributed by atoms with E-state index in [4.69, 9.17) is 11.6 Å². The summed E-state index contributed by atoms with van der Waals surface area (Å²) in [6, 6.07) is 3.18. The molecule has 2 heterocycles. The number of carbonyl (C=O) groups is 1. The van der Waals surface area contributed by atoms with Crippen molar-refractivity contribution in [3.8, 4) is 0 Å². The summed E-state index contributed by atoms with van der Waals surface area (Å²) in [4.78, 5) is 18.4. The summed E-state index contributed by atoms with van der Waals surface area (Å²) in [7, 11) is -0.694. The normalized spacial score (nSPS) is 17.7. The van der Waals surface area contributed by atoms with Crippen LogP contribution in [0.2, 0.25) is 5.02 Å². The van der Waals surface area contributed by atoms with Gasteiger partial charge >= 0.3 is 0 Å². The van der Waals surface area contributed by atoms with E-state index in [1.807, 2.05) is 0 Å². The van der Waals surface area contributed by atoms with Crippen LogP contribution in [0.4, 0.5) is 0 Å². The van der Waals surface area contributed by atoms with Crippen molar-refractivity contribution in [3.63, 3.8) is 0 Å². The Morgan fingerprint density at radius 2 is 2.14 bits per heavy atom. The number of halogens is 1. The van der Waals surface area contributed by atoms with Crippen LogP contribution in [0.5, 0.6) is 0 Å². The zero-order valence-electron chi connectivity index (χ0n) is 12.3. The fraction of sp³-hybridized carbons (Fsp3) is 0.571. The number of amides is 1. The first-order valence-electron chi connectivity index (χ1n) is 6.88. The van der Waals surface area contributed by atoms with E-state index >= 15 is 0 Å². The van der Waals surface area contributed by atoms with Crippen LogP contribution in [-0.4, -0.2) is 56.7 Å². The smallest absolute Gasteiger partial charge is 0.269 e. The van der Waals surface area contributed by atoms with Gasteiger partial charge in [-0.3, -0.25) is 18.9 Å². The van der Waals surface area contributed by atoms with Crippen LogP contribution in [0.3, 0.4) is 0 Å². The highest BCUT2D eigenvalue weighted by Gasteiger charge is 2.30. The molecule has 0 radical (unpaired) electrons. The highest BCUT2D eigenvalue weighted by atomic mass is 35.5. The molecular formula is C14H20ClN3O2S. The molecular weight excluding hydrogens is 310 g/mol. The van der Waals surface area contributed by atoms with E-state index in [0.29, 0.717) is 28.8 Å². The molecule has 1 fully saturated rings. The van der Waals surface area contributed by atoms with Gasteiger partial charge in [0.2, 0.25) is 0 Å². The number of pyridine rings is 1. The Bertz CT molecular complexity index is 541. The summed E-state index contributed by atoms with van der Waals surface area (Å²) >= 11 is 5.86. The highest BCUT2D eigenvalue weighted by molar-refractivity contribution is 7.85. The molecule has 1 aliphatic heterocycles. The predicted molar refractivity (Wildman–Crippen MR) is 85.1 cm³/mol. The fourth-order valence-corrected chi connectivity index (χ4v) is 3.48. The molecule has 0 spiro atoms. The van der Waals surface area contributed by atoms with Gasteiger partial charge < -0.3 is 5.32 Å². The second-order valence-electron chi connectivity index (χ2n) is 5.69. The maximum absolute atomic E-state index is 12.1. The van der Waals surface area contributed by atoms with Gasteiger partial charge in [0.1, 0.15) is 5.69 Å². The summed E-state index contributed by atoms with van der Waals surface area (Å²) in [6.07, 6.45) is 1.52. The van der Waals surface area contributed by atoms with E-state index in [-0.39, 0.29) is 11.4 Å². The molecule has 21 heavy (non-hydrogen) atoms. The van der Waals surface area contributed by atoms with Crippen LogP contribution < -0.4 is 5.32 Å². The van der Waals surface area contributed by atoms with Crippen molar-refractivity contribution in [2.24, 2.45) is 0 Å². The molecule has 7 heteroatoms. The molecule has 0 atom stereocenters. The standard InChI is InChI=1S/C14H20ClN3O2S/c1-14(2,18-5-7-21(20)8-6-18)10-17-13(19)12-9-11(15)3-4-16-12/h3-4,9H,5-8,10H2,1-2H3,(H,17,19). The fourth-order valence-electron chi connectivity index (χ4n) is 2.27. The lowest BCUT2D eigenvalue weighted by Gasteiger charge is -2.40. The van der Waals surface area contributed by atoms with Crippen LogP contribution in [0.25, 0.3) is 0 Å². The third-order valence-corrected chi connectivity index (χ3v) is 5.18. The highest BCUT2D eigenvalue weighted by Crippen LogP contribution is 2.16. The van der Waals surface area contributed by atoms with Crippen LogP contribution in [0, 0.1) is 0 Å². The quantitative estimate of drug-likeness (QED) is 0.904. The molecule has 1 aromatic heterocycles. The molecule has 0 aliphatic carbocycles. The topological polar surface area (TPSA) is 62.3 Å². The van der Waals surface area contributed by atoms with E-state index < -0.39 is 10.8 Å². The average Bonchev–Trinajstić information content (AvgIpc) is 2.45. The SMILES string of the molecule is CC(C)(CNC(=O)c1cc(Cl)ccn1)N1CCS(=O)CC1. The summed E-state index contributed by atoms with van der Waals surface area (Å²) in [5.41, 5.74) is 0.136. The van der Waals surface area contributed by atoms with Crippen molar-refractivity contribution in [3.05, 3.63) is 29.0 Å². The summed E-state index contributed by atoms with van der Waals surface area (Å²) < 4.78 is 11.4. The average molecular weight is 330 g/mol. The van der Waals surface area contributed by atoms with E-state index in [9.17, 15) is 9.00 Å². The van der Waals surface area contributed by atoms with Crippen molar-refractivity contribution in [2.45, 2.75) is 19.4 Å². The van der Waals surface area contributed by atoms with Crippen molar-refractivity contribution in [1.29, 1.82) is 0 Å². The molecule has 1 N–H and O–H groups in total. The first kappa shape index (κ1) is 16.4. The minimum absolute atomic E-state index is 0.182. The third kappa shape index (κ3) is 4.49. The van der Waals surface area contributed by atoms with Crippen molar-refractivity contribution < 1.29 is 9.00 Å². The lowest BCUT2D eigenvalue weighted by Crippen LogP contribution is -2.55. The van der Waals surface area contributed by atoms with Gasteiger partial charge in [-0.15, -0.1) is 0 Å². The second kappa shape index (κ2) is 6.85. The maximum atomic E-state index is 12.1. The van der Waals surface area contributed by atoms with Gasteiger partial charge in [-0.05, 0) is 26.0 Å². The molecule has 5 nitrogen and oxygen atoms in total. The van der Waals surface area contributed by atoms with E-state index in [2.05, 4.69) is 29.0 Å². The van der Waals surface area contributed by atoms with Crippen LogP contribution in [0.1, 0.15) is 24.3 Å². The Morgan fingerprint density at radius 1 is 1.48 bits per heavy atom. The molecule has 1 saturated heterocycles. The molecule has 2 rings (SSSR count). The lowest BCUT2D eigenvalue weighted by atomic mass is 10.0. The van der Waals surface area contributed by atoms with E-state index in [1.54, 1.807) is 12.1 Å². The van der Waals surface area contributed by atoms with Crippen LogP contribution in [-0.2, 0) is 10.8 Å². The van der Waals surface area contributed by atoms with Gasteiger partial charge in [-0.1, -0.05) is 11.6 Å². The second-order valence-corrected chi connectivity index (χ2v) is 7.82. The first-order valence-corrected chi connectivity index (χ1v) is 8.75. The van der Waals surface area contributed by atoms with Gasteiger partial charge in [-0.2, -0.15) is 0 Å². The zero-order valence-corrected chi connectivity index (χ0v) is 13.8. The van der Waals surface area contributed by atoms with Gasteiger partial charge in [0.05, 0.1) is 0 Å². The molecule has 1 amide bonds. The Morgan fingerprint density at radius 3 is 2.76 bits per heavy atom. The summed E-state index contributed by atoms with van der Waals surface area (Å²) in [6.45, 7) is 6.25. The van der Waals surface area contributed by atoms with Crippen LogP contribution >= 0.6 is 11.6 Å². The number of rotatable bonds is 4. The molecule has 0 bridgehead atoms.